The molecule has 9 heteroatoms. The van der Waals surface area contributed by atoms with Crippen LogP contribution in [0.5, 0.6) is 0 Å². The lowest BCUT2D eigenvalue weighted by Gasteiger charge is -2.13. The van der Waals surface area contributed by atoms with Gasteiger partial charge in [0.2, 0.25) is 5.91 Å². The molecule has 0 unspecified atom stereocenters. The van der Waals surface area contributed by atoms with E-state index in [0.717, 1.165) is 5.56 Å². The zero-order chi connectivity index (χ0) is 20.0. The molecule has 0 aromatic heterocycles. The van der Waals surface area contributed by atoms with E-state index in [9.17, 15) is 22.8 Å². The van der Waals surface area contributed by atoms with Crippen LogP contribution in [0.2, 0.25) is 0 Å². The van der Waals surface area contributed by atoms with Gasteiger partial charge in [0, 0.05) is 17.7 Å². The van der Waals surface area contributed by atoms with Gasteiger partial charge in [-0.1, -0.05) is 24.3 Å². The topological polar surface area (TPSA) is 107 Å². The molecule has 0 radical (unpaired) electrons. The van der Waals surface area contributed by atoms with Crippen molar-refractivity contribution >= 4 is 39.3 Å². The van der Waals surface area contributed by atoms with Crippen LogP contribution >= 0.6 is 11.8 Å². The van der Waals surface area contributed by atoms with E-state index in [-0.39, 0.29) is 46.8 Å². The molecule has 1 heterocycles. The van der Waals surface area contributed by atoms with E-state index in [1.165, 1.54) is 18.7 Å². The summed E-state index contributed by atoms with van der Waals surface area (Å²) in [7, 11) is -2.97. The molecule has 0 bridgehead atoms. The van der Waals surface area contributed by atoms with Gasteiger partial charge in [-0.25, -0.2) is 8.42 Å². The molecular formula is C18H23NO6S2. The summed E-state index contributed by atoms with van der Waals surface area (Å²) in [6.07, 6.45) is 0.544. The Hall–Kier alpha value is -1.87. The molecule has 0 aliphatic carbocycles. The van der Waals surface area contributed by atoms with Crippen LogP contribution in [0.3, 0.4) is 0 Å². The summed E-state index contributed by atoms with van der Waals surface area (Å²) in [4.78, 5) is 35.0. The Morgan fingerprint density at radius 3 is 2.48 bits per heavy atom. The van der Waals surface area contributed by atoms with Crippen LogP contribution in [0.4, 0.5) is 0 Å². The Labute approximate surface area is 163 Å². The highest BCUT2D eigenvalue weighted by atomic mass is 32.2. The van der Waals surface area contributed by atoms with E-state index in [2.05, 4.69) is 5.32 Å². The third kappa shape index (κ3) is 6.99. The molecule has 1 N–H and O–H groups in total. The van der Waals surface area contributed by atoms with E-state index >= 15 is 0 Å². The number of benzene rings is 1. The van der Waals surface area contributed by atoms with Crippen LogP contribution < -0.4 is 5.32 Å². The molecule has 2 rings (SSSR count). The van der Waals surface area contributed by atoms with Gasteiger partial charge < -0.3 is 10.1 Å². The first kappa shape index (κ1) is 21.4. The van der Waals surface area contributed by atoms with E-state index in [1.54, 1.807) is 24.3 Å². The maximum atomic E-state index is 12.1. The summed E-state index contributed by atoms with van der Waals surface area (Å²) in [5.41, 5.74) is 1.28. The third-order valence-corrected chi connectivity index (χ3v) is 7.40. The Bertz CT molecular complexity index is 804. The number of sulfone groups is 1. The molecule has 1 amide bonds. The predicted octanol–water partition coefficient (Wildman–Crippen LogP) is 1.53. The molecule has 1 aromatic rings. The van der Waals surface area contributed by atoms with Gasteiger partial charge in [-0.3, -0.25) is 14.4 Å². The normalized spacial score (nSPS) is 19.3. The van der Waals surface area contributed by atoms with Crippen molar-refractivity contribution in [1.82, 2.24) is 5.32 Å². The number of nitrogens with one attached hydrogen (secondary N) is 1. The number of amides is 1. The SMILES string of the molecule is CC(=O)N[C@H](C)c1ccc(C(=O)COC(=O)CS[C@@H]2CCS(=O)(=O)C2)cc1. The molecule has 1 aromatic carbocycles. The first-order valence-corrected chi connectivity index (χ1v) is 11.4. The first-order valence-electron chi connectivity index (χ1n) is 8.54. The van der Waals surface area contributed by atoms with Crippen molar-refractivity contribution in [3.05, 3.63) is 35.4 Å². The van der Waals surface area contributed by atoms with Crippen molar-refractivity contribution in [2.45, 2.75) is 31.6 Å². The molecule has 27 heavy (non-hydrogen) atoms. The second-order valence-corrected chi connectivity index (χ2v) is 9.98. The van der Waals surface area contributed by atoms with Crippen LogP contribution in [0, 0.1) is 0 Å². The number of Topliss-reactive ketones (excluding diaryl/α,β-unsaturated/α-hetero) is 1. The van der Waals surface area contributed by atoms with Crippen molar-refractivity contribution in [1.29, 1.82) is 0 Å². The van der Waals surface area contributed by atoms with Crippen LogP contribution in [0.15, 0.2) is 24.3 Å². The highest BCUT2D eigenvalue weighted by molar-refractivity contribution is 8.02. The Morgan fingerprint density at radius 1 is 1.26 bits per heavy atom. The molecule has 1 fully saturated rings. The average Bonchev–Trinajstić information content (AvgIpc) is 2.96. The average molecular weight is 414 g/mol. The molecule has 0 spiro atoms. The van der Waals surface area contributed by atoms with Crippen molar-refractivity contribution in [2.75, 3.05) is 23.9 Å². The summed E-state index contributed by atoms with van der Waals surface area (Å²) in [5.74, 6) is -0.714. The number of esters is 1. The van der Waals surface area contributed by atoms with Gasteiger partial charge in [-0.05, 0) is 18.9 Å². The molecule has 1 aliphatic heterocycles. The number of ether oxygens (including phenoxy) is 1. The fourth-order valence-electron chi connectivity index (χ4n) is 2.70. The third-order valence-electron chi connectivity index (χ3n) is 4.14. The van der Waals surface area contributed by atoms with Gasteiger partial charge in [0.1, 0.15) is 0 Å². The molecule has 7 nitrogen and oxygen atoms in total. The van der Waals surface area contributed by atoms with Gasteiger partial charge in [0.25, 0.3) is 0 Å². The highest BCUT2D eigenvalue weighted by Crippen LogP contribution is 2.24. The minimum absolute atomic E-state index is 0.0284. The molecule has 1 aliphatic rings. The second kappa shape index (κ2) is 9.36. The second-order valence-electron chi connectivity index (χ2n) is 6.46. The minimum atomic E-state index is -2.97. The maximum Gasteiger partial charge on any atom is 0.316 e. The first-order chi connectivity index (χ1) is 12.7. The van der Waals surface area contributed by atoms with E-state index in [4.69, 9.17) is 4.74 Å². The summed E-state index contributed by atoms with van der Waals surface area (Å²) in [5, 5.41) is 2.67. The Kier molecular flexibility index (Phi) is 7.43. The Morgan fingerprint density at radius 2 is 1.93 bits per heavy atom. The van der Waals surface area contributed by atoms with Gasteiger partial charge in [0.15, 0.2) is 22.2 Å². The van der Waals surface area contributed by atoms with Crippen LogP contribution in [-0.4, -0.2) is 55.2 Å². The van der Waals surface area contributed by atoms with Gasteiger partial charge >= 0.3 is 5.97 Å². The van der Waals surface area contributed by atoms with E-state index in [1.807, 2.05) is 6.92 Å². The standard InChI is InChI=1S/C18H23NO6S2/c1-12(19-13(2)20)14-3-5-15(6-4-14)17(21)9-25-18(22)10-26-16-7-8-27(23,24)11-16/h3-6,12,16H,7-11H2,1-2H3,(H,19,20)/t12-,16-/m1/s1. The zero-order valence-corrected chi connectivity index (χ0v) is 16.9. The van der Waals surface area contributed by atoms with E-state index < -0.39 is 15.8 Å². The number of ketones is 1. The van der Waals surface area contributed by atoms with Crippen LogP contribution in [0.25, 0.3) is 0 Å². The van der Waals surface area contributed by atoms with Crippen LogP contribution in [-0.2, 0) is 24.2 Å². The molecule has 2 atom stereocenters. The number of hydrogen-bond acceptors (Lipinski definition) is 7. The fraction of sp³-hybridized carbons (Fsp3) is 0.500. The molecule has 1 saturated heterocycles. The molecule has 148 valence electrons. The summed E-state index contributed by atoms with van der Waals surface area (Å²) in [6.45, 7) is 2.92. The number of carbonyl (C=O) groups excluding carboxylic acids is 3. The van der Waals surface area contributed by atoms with Crippen molar-refractivity contribution < 1.29 is 27.5 Å². The highest BCUT2D eigenvalue weighted by Gasteiger charge is 2.28. The summed E-state index contributed by atoms with van der Waals surface area (Å²) < 4.78 is 27.7. The quantitative estimate of drug-likeness (QED) is 0.509. The molecule has 0 saturated carbocycles. The molecular weight excluding hydrogens is 390 g/mol. The lowest BCUT2D eigenvalue weighted by atomic mass is 10.0. The lowest BCUT2D eigenvalue weighted by molar-refractivity contribution is -0.139. The predicted molar refractivity (Wildman–Crippen MR) is 103 cm³/mol. The Balaban J connectivity index is 1.76. The zero-order valence-electron chi connectivity index (χ0n) is 15.3. The van der Waals surface area contributed by atoms with Crippen molar-refractivity contribution in [3.8, 4) is 0 Å². The van der Waals surface area contributed by atoms with Crippen LogP contribution in [0.1, 0.15) is 42.2 Å². The summed E-state index contributed by atoms with van der Waals surface area (Å²) >= 11 is 1.25. The smallest absolute Gasteiger partial charge is 0.316 e. The maximum absolute atomic E-state index is 12.1. The van der Waals surface area contributed by atoms with Gasteiger partial charge in [-0.15, -0.1) is 11.8 Å². The number of carbonyl (C=O) groups is 3. The monoisotopic (exact) mass is 413 g/mol. The largest absolute Gasteiger partial charge is 0.457 e. The fourth-order valence-corrected chi connectivity index (χ4v) is 6.13. The van der Waals surface area contributed by atoms with Gasteiger partial charge in [-0.2, -0.15) is 0 Å². The van der Waals surface area contributed by atoms with E-state index in [0.29, 0.717) is 12.0 Å². The number of hydrogen-bond donors (Lipinski definition) is 1. The number of thioether (sulfide) groups is 1. The minimum Gasteiger partial charge on any atom is -0.457 e. The van der Waals surface area contributed by atoms with Gasteiger partial charge in [0.05, 0.1) is 23.3 Å². The van der Waals surface area contributed by atoms with Crippen molar-refractivity contribution in [2.24, 2.45) is 0 Å². The number of rotatable bonds is 8. The van der Waals surface area contributed by atoms with Crippen molar-refractivity contribution in [3.63, 3.8) is 0 Å². The lowest BCUT2D eigenvalue weighted by Crippen LogP contribution is -2.23. The summed E-state index contributed by atoms with van der Waals surface area (Å²) in [6, 6.07) is 6.57.